The number of anilines is 1. The Kier molecular flexibility index (Phi) is 3.21. The highest BCUT2D eigenvalue weighted by molar-refractivity contribution is 7.90. The Hall–Kier alpha value is -1.73. The maximum Gasteiger partial charge on any atom is 0.357 e. The first kappa shape index (κ1) is 11.7. The Morgan fingerprint density at radius 1 is 1.35 bits per heavy atom. The summed E-state index contributed by atoms with van der Waals surface area (Å²) in [6, 6.07) is 6.53. The number of rotatable bonds is 3. The molecule has 17 heavy (non-hydrogen) atoms. The second-order valence-corrected chi connectivity index (χ2v) is 4.99. The second kappa shape index (κ2) is 4.64. The first-order chi connectivity index (χ1) is 8.09. The van der Waals surface area contributed by atoms with Crippen molar-refractivity contribution >= 4 is 33.7 Å². The summed E-state index contributed by atoms with van der Waals surface area (Å²) in [5.41, 5.74) is 2.75. The van der Waals surface area contributed by atoms with E-state index in [1.54, 1.807) is 30.3 Å². The maximum absolute atomic E-state index is 11.9. The first-order valence-electron chi connectivity index (χ1n) is 4.62. The molecule has 90 valence electrons. The molecular weight excluding hydrogens is 264 g/mol. The number of halogens is 1. The van der Waals surface area contributed by atoms with Crippen LogP contribution in [0.2, 0.25) is 5.02 Å². The SMILES string of the molecule is O=S(=O)(Nc1ccccc1Cl)N1N=CC=CN1. The molecule has 0 amide bonds. The van der Waals surface area contributed by atoms with Gasteiger partial charge in [0, 0.05) is 6.20 Å². The predicted molar refractivity (Wildman–Crippen MR) is 66.6 cm³/mol. The highest BCUT2D eigenvalue weighted by Crippen LogP contribution is 2.22. The zero-order valence-corrected chi connectivity index (χ0v) is 10.1. The minimum Gasteiger partial charge on any atom is -0.274 e. The summed E-state index contributed by atoms with van der Waals surface area (Å²) >= 11 is 5.85. The van der Waals surface area contributed by atoms with Crippen molar-refractivity contribution in [2.45, 2.75) is 0 Å². The van der Waals surface area contributed by atoms with Crippen LogP contribution in [-0.2, 0) is 10.2 Å². The average Bonchev–Trinajstić information content (AvgIpc) is 2.33. The van der Waals surface area contributed by atoms with Crippen molar-refractivity contribution in [2.75, 3.05) is 4.72 Å². The fourth-order valence-electron chi connectivity index (χ4n) is 1.14. The van der Waals surface area contributed by atoms with Crippen molar-refractivity contribution in [3.63, 3.8) is 0 Å². The molecule has 0 aliphatic carbocycles. The van der Waals surface area contributed by atoms with Gasteiger partial charge in [0.1, 0.15) is 0 Å². The zero-order chi connectivity index (χ0) is 12.3. The highest BCUT2D eigenvalue weighted by atomic mass is 35.5. The molecule has 0 fully saturated rings. The van der Waals surface area contributed by atoms with Crippen LogP contribution < -0.4 is 10.1 Å². The van der Waals surface area contributed by atoms with Crippen LogP contribution in [0.1, 0.15) is 0 Å². The van der Waals surface area contributed by atoms with Gasteiger partial charge in [-0.1, -0.05) is 28.3 Å². The van der Waals surface area contributed by atoms with E-state index in [-0.39, 0.29) is 0 Å². The van der Waals surface area contributed by atoms with E-state index >= 15 is 0 Å². The number of benzene rings is 1. The monoisotopic (exact) mass is 272 g/mol. The van der Waals surface area contributed by atoms with Gasteiger partial charge in [-0.15, -0.1) is 5.10 Å². The van der Waals surface area contributed by atoms with Crippen LogP contribution >= 0.6 is 11.6 Å². The van der Waals surface area contributed by atoms with Gasteiger partial charge in [-0.25, -0.2) is 0 Å². The van der Waals surface area contributed by atoms with Gasteiger partial charge in [0.2, 0.25) is 0 Å². The van der Waals surface area contributed by atoms with Gasteiger partial charge in [0.25, 0.3) is 0 Å². The van der Waals surface area contributed by atoms with Crippen LogP contribution in [0, 0.1) is 0 Å². The van der Waals surface area contributed by atoms with E-state index in [1.165, 1.54) is 12.4 Å². The molecule has 0 saturated carbocycles. The number of nitrogens with one attached hydrogen (secondary N) is 2. The third kappa shape index (κ3) is 2.69. The molecule has 2 rings (SSSR count). The molecule has 0 saturated heterocycles. The third-order valence-corrected chi connectivity index (χ3v) is 3.34. The molecule has 0 bridgehead atoms. The fraction of sp³-hybridized carbons (Fsp3) is 0. The van der Waals surface area contributed by atoms with E-state index in [9.17, 15) is 8.42 Å². The van der Waals surface area contributed by atoms with Gasteiger partial charge in [-0.05, 0) is 18.2 Å². The molecule has 8 heteroatoms. The van der Waals surface area contributed by atoms with Gasteiger partial charge < -0.3 is 0 Å². The molecule has 1 aromatic rings. The molecule has 1 aromatic carbocycles. The quantitative estimate of drug-likeness (QED) is 0.871. The van der Waals surface area contributed by atoms with E-state index in [1.807, 2.05) is 0 Å². The molecule has 0 radical (unpaired) electrons. The summed E-state index contributed by atoms with van der Waals surface area (Å²) in [6.45, 7) is 0. The number of hydrazone groups is 1. The Morgan fingerprint density at radius 3 is 2.76 bits per heavy atom. The number of allylic oxidation sites excluding steroid dienone is 1. The van der Waals surface area contributed by atoms with Crippen LogP contribution in [-0.4, -0.2) is 19.2 Å². The largest absolute Gasteiger partial charge is 0.357 e. The van der Waals surface area contributed by atoms with Crippen molar-refractivity contribution in [1.29, 1.82) is 0 Å². The first-order valence-corrected chi connectivity index (χ1v) is 6.44. The summed E-state index contributed by atoms with van der Waals surface area (Å²) < 4.78 is 26.7. The third-order valence-electron chi connectivity index (χ3n) is 1.88. The molecule has 6 nitrogen and oxygen atoms in total. The molecular formula is C9H9ClN4O2S. The van der Waals surface area contributed by atoms with Crippen LogP contribution in [0.5, 0.6) is 0 Å². The standard InChI is InChI=1S/C9H9ClN4O2S/c10-8-4-1-2-5-9(8)13-17(15,16)14-11-6-3-7-12-14/h1-7,11,13H. The Labute approximate surface area is 104 Å². The molecule has 1 aliphatic rings. The molecule has 1 aliphatic heterocycles. The highest BCUT2D eigenvalue weighted by Gasteiger charge is 2.20. The summed E-state index contributed by atoms with van der Waals surface area (Å²) in [4.78, 5) is 0. The second-order valence-electron chi connectivity index (χ2n) is 3.08. The average molecular weight is 273 g/mol. The van der Waals surface area contributed by atoms with E-state index in [0.29, 0.717) is 15.2 Å². The van der Waals surface area contributed by atoms with Crippen molar-refractivity contribution in [1.82, 2.24) is 9.95 Å². The Balaban J connectivity index is 2.21. The van der Waals surface area contributed by atoms with E-state index in [4.69, 9.17) is 11.6 Å². The topological polar surface area (TPSA) is 73.8 Å². The van der Waals surface area contributed by atoms with Crippen LogP contribution in [0.4, 0.5) is 5.69 Å². The van der Waals surface area contributed by atoms with Crippen molar-refractivity contribution < 1.29 is 8.42 Å². The minimum atomic E-state index is -3.82. The van der Waals surface area contributed by atoms with Crippen molar-refractivity contribution in [2.24, 2.45) is 5.10 Å². The van der Waals surface area contributed by atoms with Crippen molar-refractivity contribution in [3.8, 4) is 0 Å². The number of hydrogen-bond donors (Lipinski definition) is 2. The molecule has 1 heterocycles. The van der Waals surface area contributed by atoms with E-state index in [2.05, 4.69) is 15.2 Å². The number of para-hydroxylation sites is 1. The molecule has 0 atom stereocenters. The lowest BCUT2D eigenvalue weighted by molar-refractivity contribution is 0.380. The normalized spacial score (nSPS) is 14.5. The smallest absolute Gasteiger partial charge is 0.274 e. The van der Waals surface area contributed by atoms with Crippen LogP contribution in [0.3, 0.4) is 0 Å². The van der Waals surface area contributed by atoms with Crippen molar-refractivity contribution in [3.05, 3.63) is 41.6 Å². The number of hydrazine groups is 1. The number of hydrogen-bond acceptors (Lipinski definition) is 4. The van der Waals surface area contributed by atoms with Crippen LogP contribution in [0.25, 0.3) is 0 Å². The van der Waals surface area contributed by atoms with Gasteiger partial charge >= 0.3 is 10.2 Å². The lowest BCUT2D eigenvalue weighted by atomic mass is 10.3. The van der Waals surface area contributed by atoms with Gasteiger partial charge in [-0.3, -0.25) is 10.1 Å². The predicted octanol–water partition coefficient (Wildman–Crippen LogP) is 1.32. The molecule has 0 aromatic heterocycles. The van der Waals surface area contributed by atoms with Gasteiger partial charge in [-0.2, -0.15) is 8.42 Å². The maximum atomic E-state index is 11.9. The molecule has 0 unspecified atom stereocenters. The minimum absolute atomic E-state index is 0.292. The van der Waals surface area contributed by atoms with E-state index < -0.39 is 10.2 Å². The Morgan fingerprint density at radius 2 is 2.12 bits per heavy atom. The van der Waals surface area contributed by atoms with Gasteiger partial charge in [0.15, 0.2) is 0 Å². The Bertz CT molecular complexity index is 570. The lowest BCUT2D eigenvalue weighted by Gasteiger charge is -2.20. The van der Waals surface area contributed by atoms with Gasteiger partial charge in [0.05, 0.1) is 16.9 Å². The van der Waals surface area contributed by atoms with Crippen LogP contribution in [0.15, 0.2) is 41.6 Å². The summed E-state index contributed by atoms with van der Waals surface area (Å²) in [5.74, 6) is 0. The summed E-state index contributed by atoms with van der Waals surface area (Å²) in [7, 11) is -3.82. The molecule has 0 spiro atoms. The lowest BCUT2D eigenvalue weighted by Crippen LogP contribution is -2.40. The zero-order valence-electron chi connectivity index (χ0n) is 8.54. The fourth-order valence-corrected chi connectivity index (χ4v) is 2.30. The summed E-state index contributed by atoms with van der Waals surface area (Å²) in [5, 5.41) is 3.96. The summed E-state index contributed by atoms with van der Waals surface area (Å²) in [6.07, 6.45) is 4.36. The van der Waals surface area contributed by atoms with E-state index in [0.717, 1.165) is 0 Å². The number of nitrogens with zero attached hydrogens (tertiary/aromatic N) is 2. The molecule has 2 N–H and O–H groups in total.